The molecule has 0 unspecified atom stereocenters. The van der Waals surface area contributed by atoms with Crippen molar-refractivity contribution in [3.8, 4) is 6.07 Å². The monoisotopic (exact) mass is 268 g/mol. The highest BCUT2D eigenvalue weighted by Gasteiger charge is 2.32. The average molecular weight is 269 g/mol. The van der Waals surface area contributed by atoms with Gasteiger partial charge in [0.15, 0.2) is 0 Å². The van der Waals surface area contributed by atoms with Gasteiger partial charge < -0.3 is 5.32 Å². The summed E-state index contributed by atoms with van der Waals surface area (Å²) in [5.41, 5.74) is 0. The molecule has 16 heavy (non-hydrogen) atoms. The van der Waals surface area contributed by atoms with Crippen LogP contribution in [0.4, 0.5) is 0 Å². The van der Waals surface area contributed by atoms with Gasteiger partial charge >= 0.3 is 0 Å². The van der Waals surface area contributed by atoms with Gasteiger partial charge in [-0.3, -0.25) is 0 Å². The highest BCUT2D eigenvalue weighted by Crippen LogP contribution is 2.11. The summed E-state index contributed by atoms with van der Waals surface area (Å²) in [5, 5.41) is 11.4. The van der Waals surface area contributed by atoms with Crippen LogP contribution in [0.3, 0.4) is 0 Å². The SMILES string of the molecule is CN(CCC#N)S(=O)(=O)N(C)C1CNC1.Cl. The van der Waals surface area contributed by atoms with Crippen LogP contribution in [0.15, 0.2) is 0 Å². The zero-order chi connectivity index (χ0) is 11.5. The number of likely N-dealkylation sites (N-methyl/N-ethyl adjacent to an activating group) is 1. The Hall–Kier alpha value is -0.390. The summed E-state index contributed by atoms with van der Waals surface area (Å²) in [6, 6.07) is 1.97. The van der Waals surface area contributed by atoms with Gasteiger partial charge in [0, 0.05) is 40.2 Å². The Morgan fingerprint density at radius 3 is 2.38 bits per heavy atom. The number of nitriles is 1. The normalized spacial score (nSPS) is 16.7. The molecule has 1 rings (SSSR count). The van der Waals surface area contributed by atoms with E-state index < -0.39 is 10.2 Å². The molecule has 0 aromatic rings. The highest BCUT2D eigenvalue weighted by atomic mass is 35.5. The fourth-order valence-electron chi connectivity index (χ4n) is 1.26. The largest absolute Gasteiger partial charge is 0.313 e. The summed E-state index contributed by atoms with van der Waals surface area (Å²) >= 11 is 0. The zero-order valence-electron chi connectivity index (χ0n) is 9.38. The van der Waals surface area contributed by atoms with E-state index >= 15 is 0 Å². The third-order valence-electron chi connectivity index (χ3n) is 2.57. The van der Waals surface area contributed by atoms with Crippen LogP contribution in [0, 0.1) is 11.3 Å². The molecule has 0 aromatic heterocycles. The Bertz CT molecular complexity index is 350. The summed E-state index contributed by atoms with van der Waals surface area (Å²) in [6.45, 7) is 1.63. The van der Waals surface area contributed by atoms with E-state index in [2.05, 4.69) is 5.32 Å². The fraction of sp³-hybridized carbons (Fsp3) is 0.875. The fourth-order valence-corrected chi connectivity index (χ4v) is 2.55. The number of nitrogens with one attached hydrogen (secondary N) is 1. The quantitative estimate of drug-likeness (QED) is 0.723. The van der Waals surface area contributed by atoms with E-state index in [9.17, 15) is 8.42 Å². The number of nitrogens with zero attached hydrogens (tertiary/aromatic N) is 3. The molecule has 1 saturated heterocycles. The van der Waals surface area contributed by atoms with Gasteiger partial charge in [-0.1, -0.05) is 0 Å². The molecule has 0 saturated carbocycles. The molecule has 1 heterocycles. The van der Waals surface area contributed by atoms with Crippen molar-refractivity contribution >= 4 is 22.6 Å². The molecule has 0 aromatic carbocycles. The van der Waals surface area contributed by atoms with E-state index in [0.29, 0.717) is 13.1 Å². The topological polar surface area (TPSA) is 76.4 Å². The van der Waals surface area contributed by atoms with E-state index in [4.69, 9.17) is 5.26 Å². The third-order valence-corrected chi connectivity index (χ3v) is 4.57. The molecule has 0 amide bonds. The summed E-state index contributed by atoms with van der Waals surface area (Å²) in [6.07, 6.45) is 0.215. The average Bonchev–Trinajstić information content (AvgIpc) is 2.11. The minimum absolute atomic E-state index is 0. The lowest BCUT2D eigenvalue weighted by atomic mass is 10.2. The van der Waals surface area contributed by atoms with Crippen molar-refractivity contribution in [1.29, 1.82) is 5.26 Å². The number of hydrogen-bond acceptors (Lipinski definition) is 4. The highest BCUT2D eigenvalue weighted by molar-refractivity contribution is 7.86. The van der Waals surface area contributed by atoms with Crippen molar-refractivity contribution in [2.75, 3.05) is 33.7 Å². The van der Waals surface area contributed by atoms with Crippen LogP contribution in [0.25, 0.3) is 0 Å². The molecular formula is C8H17ClN4O2S. The predicted octanol–water partition coefficient (Wildman–Crippen LogP) is -0.598. The molecule has 0 bridgehead atoms. The first-order valence-corrected chi connectivity index (χ1v) is 6.17. The van der Waals surface area contributed by atoms with Crippen molar-refractivity contribution < 1.29 is 8.42 Å². The summed E-state index contributed by atoms with van der Waals surface area (Å²) in [5.74, 6) is 0. The first-order chi connectivity index (χ1) is 7.00. The Labute approximate surface area is 103 Å². The zero-order valence-corrected chi connectivity index (χ0v) is 11.0. The predicted molar refractivity (Wildman–Crippen MR) is 63.4 cm³/mol. The Kier molecular flexibility index (Phi) is 6.22. The minimum atomic E-state index is -3.40. The first-order valence-electron chi connectivity index (χ1n) is 4.77. The van der Waals surface area contributed by atoms with Crippen molar-refractivity contribution in [3.63, 3.8) is 0 Å². The van der Waals surface area contributed by atoms with Crippen LogP contribution < -0.4 is 5.32 Å². The van der Waals surface area contributed by atoms with E-state index in [1.54, 1.807) is 7.05 Å². The Balaban J connectivity index is 0.00000225. The van der Waals surface area contributed by atoms with Gasteiger partial charge in [-0.15, -0.1) is 12.4 Å². The number of halogens is 1. The summed E-state index contributed by atoms with van der Waals surface area (Å²) < 4.78 is 26.3. The molecule has 0 spiro atoms. The third kappa shape index (κ3) is 3.30. The lowest BCUT2D eigenvalue weighted by Crippen LogP contribution is -2.59. The molecule has 6 nitrogen and oxygen atoms in total. The van der Waals surface area contributed by atoms with Crippen LogP contribution in [-0.4, -0.2) is 56.8 Å². The maximum absolute atomic E-state index is 11.9. The van der Waals surface area contributed by atoms with Gasteiger partial charge in [0.05, 0.1) is 12.1 Å². The lowest BCUT2D eigenvalue weighted by molar-refractivity contribution is 0.258. The van der Waals surface area contributed by atoms with E-state index in [0.717, 1.165) is 0 Å². The Morgan fingerprint density at radius 1 is 1.44 bits per heavy atom. The maximum atomic E-state index is 11.9. The van der Waals surface area contributed by atoms with Gasteiger partial charge in [0.1, 0.15) is 0 Å². The minimum Gasteiger partial charge on any atom is -0.313 e. The maximum Gasteiger partial charge on any atom is 0.281 e. The molecule has 94 valence electrons. The number of hydrogen-bond donors (Lipinski definition) is 1. The van der Waals surface area contributed by atoms with Crippen LogP contribution in [0.1, 0.15) is 6.42 Å². The van der Waals surface area contributed by atoms with Gasteiger partial charge in [0.25, 0.3) is 10.2 Å². The first kappa shape index (κ1) is 15.6. The van der Waals surface area contributed by atoms with Crippen LogP contribution in [0.5, 0.6) is 0 Å². The van der Waals surface area contributed by atoms with E-state index in [1.807, 2.05) is 6.07 Å². The molecule has 0 atom stereocenters. The molecule has 1 aliphatic heterocycles. The summed E-state index contributed by atoms with van der Waals surface area (Å²) in [4.78, 5) is 0. The van der Waals surface area contributed by atoms with Gasteiger partial charge in [-0.25, -0.2) is 0 Å². The van der Waals surface area contributed by atoms with Gasteiger partial charge in [-0.2, -0.15) is 22.3 Å². The van der Waals surface area contributed by atoms with E-state index in [1.165, 1.54) is 15.7 Å². The van der Waals surface area contributed by atoms with Crippen molar-refractivity contribution in [2.45, 2.75) is 12.5 Å². The molecule has 0 radical (unpaired) electrons. The number of rotatable bonds is 5. The molecule has 1 aliphatic rings. The molecule has 1 fully saturated rings. The van der Waals surface area contributed by atoms with Crippen molar-refractivity contribution in [3.05, 3.63) is 0 Å². The van der Waals surface area contributed by atoms with E-state index in [-0.39, 0.29) is 31.4 Å². The second-order valence-corrected chi connectivity index (χ2v) is 5.66. The second kappa shape index (κ2) is 6.37. The smallest absolute Gasteiger partial charge is 0.281 e. The summed E-state index contributed by atoms with van der Waals surface area (Å²) in [7, 11) is -0.327. The lowest BCUT2D eigenvalue weighted by Gasteiger charge is -2.36. The molecule has 8 heteroatoms. The van der Waals surface area contributed by atoms with Crippen molar-refractivity contribution in [2.24, 2.45) is 0 Å². The second-order valence-electron chi connectivity index (χ2n) is 3.57. The standard InChI is InChI=1S/C8H16N4O2S.ClH/c1-11(5-3-4-9)15(13,14)12(2)8-6-10-7-8;/h8,10H,3,5-7H2,1-2H3;1H. The van der Waals surface area contributed by atoms with Crippen LogP contribution >= 0.6 is 12.4 Å². The molecule has 0 aliphatic carbocycles. The molecule has 1 N–H and O–H groups in total. The molecular weight excluding hydrogens is 252 g/mol. The van der Waals surface area contributed by atoms with Gasteiger partial charge in [-0.05, 0) is 0 Å². The van der Waals surface area contributed by atoms with Gasteiger partial charge in [0.2, 0.25) is 0 Å². The van der Waals surface area contributed by atoms with Crippen LogP contribution in [-0.2, 0) is 10.2 Å². The van der Waals surface area contributed by atoms with Crippen molar-refractivity contribution in [1.82, 2.24) is 13.9 Å². The Morgan fingerprint density at radius 2 is 2.00 bits per heavy atom. The van der Waals surface area contributed by atoms with Crippen LogP contribution in [0.2, 0.25) is 0 Å².